The molecule has 2 aromatic rings. The smallest absolute Gasteiger partial charge is 0.232 e. The molecule has 0 saturated carbocycles. The van der Waals surface area contributed by atoms with Crippen LogP contribution in [0.4, 0.5) is 10.1 Å². The zero-order valence-electron chi connectivity index (χ0n) is 14.7. The molecule has 2 aromatic carbocycles. The number of carbonyl (C=O) groups excluding carboxylic acids is 2. The Kier molecular flexibility index (Phi) is 4.19. The largest absolute Gasteiger partial charge is 0.294 e. The van der Waals surface area contributed by atoms with Crippen molar-refractivity contribution < 1.29 is 14.0 Å². The van der Waals surface area contributed by atoms with Crippen molar-refractivity contribution in [3.63, 3.8) is 0 Å². The molecule has 4 rings (SSSR count). The van der Waals surface area contributed by atoms with Crippen LogP contribution in [0.3, 0.4) is 0 Å². The highest BCUT2D eigenvalue weighted by Crippen LogP contribution is 2.43. The van der Waals surface area contributed by atoms with E-state index >= 15 is 0 Å². The molecule has 0 saturated heterocycles. The third-order valence-electron chi connectivity index (χ3n) is 5.22. The number of rotatable bonds is 2. The maximum Gasteiger partial charge on any atom is 0.232 e. The lowest BCUT2D eigenvalue weighted by Crippen LogP contribution is -2.40. The van der Waals surface area contributed by atoms with E-state index in [1.807, 2.05) is 31.2 Å². The van der Waals surface area contributed by atoms with Crippen molar-refractivity contribution in [2.24, 2.45) is 0 Å². The van der Waals surface area contributed by atoms with Crippen LogP contribution in [0.15, 0.2) is 59.8 Å². The number of hydrogen-bond acceptors (Lipinski definition) is 2. The lowest BCUT2D eigenvalue weighted by molar-refractivity contribution is -0.119. The number of benzene rings is 2. The Bertz CT molecular complexity index is 931. The molecule has 0 spiro atoms. The predicted octanol–water partition coefficient (Wildman–Crippen LogP) is 4.66. The number of hydrogen-bond donors (Lipinski definition) is 0. The average Bonchev–Trinajstić information content (AvgIpc) is 2.61. The quantitative estimate of drug-likeness (QED) is 0.791. The monoisotopic (exact) mass is 349 g/mol. The number of carbonyl (C=O) groups is 2. The maximum atomic E-state index is 14.4. The summed E-state index contributed by atoms with van der Waals surface area (Å²) in [5, 5.41) is 0. The highest BCUT2D eigenvalue weighted by atomic mass is 19.1. The zero-order chi connectivity index (χ0) is 18.3. The van der Waals surface area contributed by atoms with E-state index in [2.05, 4.69) is 0 Å². The van der Waals surface area contributed by atoms with E-state index < -0.39 is 5.92 Å². The van der Waals surface area contributed by atoms with Gasteiger partial charge >= 0.3 is 0 Å². The summed E-state index contributed by atoms with van der Waals surface area (Å²) in [6.45, 7) is 1.97. The number of halogens is 1. The number of aryl methyl sites for hydroxylation is 1. The first-order valence-corrected chi connectivity index (χ1v) is 8.96. The van der Waals surface area contributed by atoms with Crippen LogP contribution in [-0.4, -0.2) is 11.7 Å². The highest BCUT2D eigenvalue weighted by molar-refractivity contribution is 6.07. The van der Waals surface area contributed by atoms with Crippen molar-refractivity contribution in [3.05, 3.63) is 76.7 Å². The van der Waals surface area contributed by atoms with E-state index in [1.54, 1.807) is 23.1 Å². The van der Waals surface area contributed by atoms with Gasteiger partial charge in [0.15, 0.2) is 5.78 Å². The van der Waals surface area contributed by atoms with Crippen molar-refractivity contribution in [1.29, 1.82) is 0 Å². The van der Waals surface area contributed by atoms with E-state index in [4.69, 9.17) is 0 Å². The average molecular weight is 349 g/mol. The van der Waals surface area contributed by atoms with Gasteiger partial charge in [-0.2, -0.15) is 0 Å². The number of ketones is 1. The molecule has 0 bridgehead atoms. The SMILES string of the molecule is Cc1cccc(N2C(=O)CC(c3ccccc3F)C3=C2CCCC3=O)c1. The van der Waals surface area contributed by atoms with E-state index in [1.165, 1.54) is 6.07 Å². The van der Waals surface area contributed by atoms with Gasteiger partial charge in [0.2, 0.25) is 5.91 Å². The third kappa shape index (κ3) is 2.75. The summed E-state index contributed by atoms with van der Waals surface area (Å²) < 4.78 is 14.4. The Labute approximate surface area is 152 Å². The Morgan fingerprint density at radius 1 is 1.04 bits per heavy atom. The molecule has 3 nitrogen and oxygen atoms in total. The lowest BCUT2D eigenvalue weighted by Gasteiger charge is -2.38. The van der Waals surface area contributed by atoms with Gasteiger partial charge in [-0.3, -0.25) is 14.5 Å². The van der Waals surface area contributed by atoms with Gasteiger partial charge in [0, 0.05) is 35.7 Å². The second-order valence-corrected chi connectivity index (χ2v) is 6.98. The van der Waals surface area contributed by atoms with Gasteiger partial charge in [-0.1, -0.05) is 30.3 Å². The molecule has 1 unspecified atom stereocenters. The molecule has 0 fully saturated rings. The molecule has 4 heteroatoms. The van der Waals surface area contributed by atoms with Gasteiger partial charge in [-0.25, -0.2) is 4.39 Å². The fraction of sp³-hybridized carbons (Fsp3) is 0.273. The van der Waals surface area contributed by atoms with Crippen LogP contribution in [0.25, 0.3) is 0 Å². The maximum absolute atomic E-state index is 14.4. The predicted molar refractivity (Wildman–Crippen MR) is 98.3 cm³/mol. The number of nitrogens with zero attached hydrogens (tertiary/aromatic N) is 1. The Balaban J connectivity index is 1.89. The second-order valence-electron chi connectivity index (χ2n) is 6.98. The van der Waals surface area contributed by atoms with E-state index in [9.17, 15) is 14.0 Å². The summed E-state index contributed by atoms with van der Waals surface area (Å²) in [5.74, 6) is -0.908. The Morgan fingerprint density at radius 2 is 1.85 bits per heavy atom. The van der Waals surface area contributed by atoms with Crippen molar-refractivity contribution in [1.82, 2.24) is 0 Å². The number of allylic oxidation sites excluding steroid dienone is 2. The van der Waals surface area contributed by atoms with Crippen molar-refractivity contribution in [2.75, 3.05) is 4.90 Å². The van der Waals surface area contributed by atoms with Crippen LogP contribution in [0.2, 0.25) is 0 Å². The molecule has 1 atom stereocenters. The molecule has 0 aromatic heterocycles. The van der Waals surface area contributed by atoms with Gasteiger partial charge in [0.25, 0.3) is 0 Å². The standard InChI is InChI=1S/C22H20FNO2/c1-14-6-4-7-15(12-14)24-19-10-5-11-20(25)22(19)17(13-21(24)26)16-8-2-3-9-18(16)23/h2-4,6-9,12,17H,5,10-11,13H2,1H3. The van der Waals surface area contributed by atoms with Gasteiger partial charge in [0.05, 0.1) is 0 Å². The highest BCUT2D eigenvalue weighted by Gasteiger charge is 2.40. The number of anilines is 1. The first-order valence-electron chi connectivity index (χ1n) is 8.96. The van der Waals surface area contributed by atoms with Crippen molar-refractivity contribution in [3.8, 4) is 0 Å². The van der Waals surface area contributed by atoms with Crippen LogP contribution in [0.5, 0.6) is 0 Å². The normalized spacial score (nSPS) is 20.4. The molecule has 1 amide bonds. The fourth-order valence-electron chi connectivity index (χ4n) is 4.08. The van der Waals surface area contributed by atoms with Gasteiger partial charge in [-0.15, -0.1) is 0 Å². The molecule has 0 radical (unpaired) electrons. The minimum absolute atomic E-state index is 0.0321. The van der Waals surface area contributed by atoms with E-state index in [0.717, 1.165) is 23.4 Å². The summed E-state index contributed by atoms with van der Waals surface area (Å²) >= 11 is 0. The minimum atomic E-state index is -0.493. The van der Waals surface area contributed by atoms with Crippen LogP contribution >= 0.6 is 0 Å². The van der Waals surface area contributed by atoms with Gasteiger partial charge in [-0.05, 0) is 49.1 Å². The summed E-state index contributed by atoms with van der Waals surface area (Å²) in [7, 11) is 0. The molecule has 26 heavy (non-hydrogen) atoms. The van der Waals surface area contributed by atoms with Crippen LogP contribution in [0, 0.1) is 12.7 Å². The summed E-state index contributed by atoms with van der Waals surface area (Å²) in [6, 6.07) is 14.2. The second kappa shape index (κ2) is 6.52. The summed E-state index contributed by atoms with van der Waals surface area (Å²) in [4.78, 5) is 27.5. The molecule has 0 N–H and O–H groups in total. The topological polar surface area (TPSA) is 37.4 Å². The van der Waals surface area contributed by atoms with Gasteiger partial charge in [0.1, 0.15) is 5.82 Å². The number of amides is 1. The molecular formula is C22H20FNO2. The summed E-state index contributed by atoms with van der Waals surface area (Å²) in [5.41, 5.74) is 3.63. The van der Waals surface area contributed by atoms with Gasteiger partial charge < -0.3 is 0 Å². The third-order valence-corrected chi connectivity index (χ3v) is 5.22. The van der Waals surface area contributed by atoms with Crippen LogP contribution in [-0.2, 0) is 9.59 Å². The lowest BCUT2D eigenvalue weighted by atomic mass is 9.77. The number of Topliss-reactive ketones (excluding diaryl/α,β-unsaturated/α-hetero) is 1. The molecule has 2 aliphatic rings. The Hall–Kier alpha value is -2.75. The molecule has 1 aliphatic carbocycles. The minimum Gasteiger partial charge on any atom is -0.294 e. The first kappa shape index (κ1) is 16.7. The molecule has 132 valence electrons. The van der Waals surface area contributed by atoms with Crippen molar-refractivity contribution >= 4 is 17.4 Å². The van der Waals surface area contributed by atoms with E-state index in [0.29, 0.717) is 24.0 Å². The summed E-state index contributed by atoms with van der Waals surface area (Å²) in [6.07, 6.45) is 1.95. The van der Waals surface area contributed by atoms with E-state index in [-0.39, 0.29) is 23.9 Å². The molecule has 1 heterocycles. The molecular weight excluding hydrogens is 329 g/mol. The van der Waals surface area contributed by atoms with Crippen LogP contribution in [0.1, 0.15) is 42.7 Å². The zero-order valence-corrected chi connectivity index (χ0v) is 14.7. The molecule has 1 aliphatic heterocycles. The Morgan fingerprint density at radius 3 is 2.62 bits per heavy atom. The fourth-order valence-corrected chi connectivity index (χ4v) is 4.08. The van der Waals surface area contributed by atoms with Crippen molar-refractivity contribution in [2.45, 2.75) is 38.5 Å². The van der Waals surface area contributed by atoms with Crippen LogP contribution < -0.4 is 4.90 Å². The first-order chi connectivity index (χ1) is 12.6.